The maximum atomic E-state index is 13.4. The van der Waals surface area contributed by atoms with Gasteiger partial charge < -0.3 is 5.32 Å². The van der Waals surface area contributed by atoms with Crippen molar-refractivity contribution in [2.75, 3.05) is 32.7 Å². The summed E-state index contributed by atoms with van der Waals surface area (Å²) in [5, 5.41) is 2.99. The van der Waals surface area contributed by atoms with Gasteiger partial charge in [0.15, 0.2) is 0 Å². The van der Waals surface area contributed by atoms with Gasteiger partial charge in [-0.1, -0.05) is 26.0 Å². The number of benzene rings is 1. The summed E-state index contributed by atoms with van der Waals surface area (Å²) in [7, 11) is -4.00. The molecule has 2 rings (SSSR count). The van der Waals surface area contributed by atoms with E-state index in [1.54, 1.807) is 12.1 Å². The maximum absolute atomic E-state index is 13.4. The van der Waals surface area contributed by atoms with Gasteiger partial charge in [0.2, 0.25) is 10.0 Å². The van der Waals surface area contributed by atoms with Gasteiger partial charge in [0.25, 0.3) is 0 Å². The van der Waals surface area contributed by atoms with Gasteiger partial charge in [-0.2, -0.15) is 13.2 Å². The van der Waals surface area contributed by atoms with Gasteiger partial charge in [-0.3, -0.25) is 4.90 Å². The first-order chi connectivity index (χ1) is 11.6. The summed E-state index contributed by atoms with van der Waals surface area (Å²) >= 11 is 0. The largest absolute Gasteiger partial charge is 0.405 e. The molecule has 0 amide bonds. The molecule has 1 unspecified atom stereocenters. The highest BCUT2D eigenvalue weighted by Crippen LogP contribution is 2.25. The van der Waals surface area contributed by atoms with Crippen LogP contribution in [0.3, 0.4) is 0 Å². The first-order valence-corrected chi connectivity index (χ1v) is 9.70. The molecule has 1 atom stereocenters. The van der Waals surface area contributed by atoms with Gasteiger partial charge in [0, 0.05) is 32.7 Å². The number of sulfonamides is 1. The van der Waals surface area contributed by atoms with Crippen LogP contribution < -0.4 is 10.0 Å². The van der Waals surface area contributed by atoms with Crippen LogP contribution in [0.25, 0.3) is 0 Å². The van der Waals surface area contributed by atoms with Crippen LogP contribution in [-0.2, 0) is 10.0 Å². The third kappa shape index (κ3) is 5.40. The highest BCUT2D eigenvalue weighted by atomic mass is 32.2. The highest BCUT2D eigenvalue weighted by molar-refractivity contribution is 7.89. The lowest BCUT2D eigenvalue weighted by Crippen LogP contribution is -2.57. The van der Waals surface area contributed by atoms with Gasteiger partial charge in [0.1, 0.15) is 6.04 Å². The molecule has 1 aliphatic rings. The van der Waals surface area contributed by atoms with Crippen molar-refractivity contribution < 1.29 is 21.6 Å². The quantitative estimate of drug-likeness (QED) is 0.793. The van der Waals surface area contributed by atoms with E-state index in [4.69, 9.17) is 0 Å². The normalized spacial score (nSPS) is 18.5. The van der Waals surface area contributed by atoms with Crippen molar-refractivity contribution in [2.24, 2.45) is 0 Å². The van der Waals surface area contributed by atoms with E-state index in [1.165, 1.54) is 17.0 Å². The molecule has 1 aromatic rings. The molecule has 142 valence electrons. The van der Waals surface area contributed by atoms with E-state index >= 15 is 0 Å². The number of hydrogen-bond acceptors (Lipinski definition) is 4. The molecule has 1 heterocycles. The van der Waals surface area contributed by atoms with Gasteiger partial charge >= 0.3 is 6.18 Å². The molecule has 0 saturated carbocycles. The summed E-state index contributed by atoms with van der Waals surface area (Å²) in [6, 6.07) is 4.45. The molecule has 0 spiro atoms. The molecule has 0 bridgehead atoms. The minimum Gasteiger partial charge on any atom is -0.314 e. The summed E-state index contributed by atoms with van der Waals surface area (Å²) in [5.74, 6) is 0.124. The van der Waals surface area contributed by atoms with Gasteiger partial charge in [-0.05, 0) is 23.6 Å². The predicted molar refractivity (Wildman–Crippen MR) is 90.0 cm³/mol. The Morgan fingerprint density at radius 1 is 1.24 bits per heavy atom. The van der Waals surface area contributed by atoms with Crippen molar-refractivity contribution in [2.45, 2.75) is 36.9 Å². The molecule has 5 nitrogen and oxygen atoms in total. The molecule has 25 heavy (non-hydrogen) atoms. The third-order valence-corrected chi connectivity index (χ3v) is 5.69. The van der Waals surface area contributed by atoms with Crippen LogP contribution >= 0.6 is 0 Å². The highest BCUT2D eigenvalue weighted by Gasteiger charge is 2.44. The molecule has 0 radical (unpaired) electrons. The maximum Gasteiger partial charge on any atom is 0.405 e. The SMILES string of the molecule is CC(C)c1cccc(S(=O)(=O)NCC(N2CCNCC2)C(F)(F)F)c1. The summed E-state index contributed by atoms with van der Waals surface area (Å²) in [5.41, 5.74) is 0.817. The molecule has 1 fully saturated rings. The minimum atomic E-state index is -4.50. The number of alkyl halides is 3. The lowest BCUT2D eigenvalue weighted by Gasteiger charge is -2.35. The smallest absolute Gasteiger partial charge is 0.314 e. The average molecular weight is 379 g/mol. The van der Waals surface area contributed by atoms with E-state index < -0.39 is 28.8 Å². The van der Waals surface area contributed by atoms with Crippen LogP contribution in [0.2, 0.25) is 0 Å². The molecule has 9 heteroatoms. The molecular weight excluding hydrogens is 355 g/mol. The summed E-state index contributed by atoms with van der Waals surface area (Å²) in [6.45, 7) is 4.51. The van der Waals surface area contributed by atoms with Crippen molar-refractivity contribution in [1.29, 1.82) is 0 Å². The van der Waals surface area contributed by atoms with Gasteiger partial charge in [-0.15, -0.1) is 0 Å². The topological polar surface area (TPSA) is 61.4 Å². The Kier molecular flexibility index (Phi) is 6.47. The average Bonchev–Trinajstić information content (AvgIpc) is 2.54. The van der Waals surface area contributed by atoms with E-state index in [0.29, 0.717) is 13.1 Å². The molecule has 0 aromatic heterocycles. The van der Waals surface area contributed by atoms with Crippen molar-refractivity contribution >= 4 is 10.0 Å². The first kappa shape index (κ1) is 20.2. The molecule has 0 aliphatic carbocycles. The van der Waals surface area contributed by atoms with Crippen LogP contribution in [0.1, 0.15) is 25.3 Å². The van der Waals surface area contributed by atoms with Crippen molar-refractivity contribution in [3.8, 4) is 0 Å². The van der Waals surface area contributed by atoms with Crippen LogP contribution in [0, 0.1) is 0 Å². The fraction of sp³-hybridized carbons (Fsp3) is 0.625. The predicted octanol–water partition coefficient (Wildman–Crippen LogP) is 1.92. The first-order valence-electron chi connectivity index (χ1n) is 8.22. The number of halogens is 3. The molecule has 2 N–H and O–H groups in total. The zero-order valence-electron chi connectivity index (χ0n) is 14.3. The van der Waals surface area contributed by atoms with E-state index in [-0.39, 0.29) is 23.9 Å². The lowest BCUT2D eigenvalue weighted by molar-refractivity contribution is -0.182. The van der Waals surface area contributed by atoms with Gasteiger partial charge in [-0.25, -0.2) is 13.1 Å². The third-order valence-electron chi connectivity index (χ3n) is 4.27. The Hall–Kier alpha value is -1.16. The fourth-order valence-electron chi connectivity index (χ4n) is 2.76. The standard InChI is InChI=1S/C16H24F3N3O2S/c1-12(2)13-4-3-5-14(10-13)25(23,24)21-11-15(16(17,18)19)22-8-6-20-7-9-22/h3-5,10,12,15,20-21H,6-9,11H2,1-2H3. The number of nitrogens with zero attached hydrogens (tertiary/aromatic N) is 1. The van der Waals surface area contributed by atoms with Crippen molar-refractivity contribution in [1.82, 2.24) is 14.9 Å². The second kappa shape index (κ2) is 8.03. The van der Waals surface area contributed by atoms with Crippen LogP contribution in [-0.4, -0.2) is 58.3 Å². The second-order valence-electron chi connectivity index (χ2n) is 6.42. The van der Waals surface area contributed by atoms with Gasteiger partial charge in [0.05, 0.1) is 4.90 Å². The monoisotopic (exact) mass is 379 g/mol. The van der Waals surface area contributed by atoms with E-state index in [0.717, 1.165) is 5.56 Å². The second-order valence-corrected chi connectivity index (χ2v) is 8.19. The molecule has 1 aromatic carbocycles. The minimum absolute atomic E-state index is 0.0139. The number of piperazine rings is 1. The Morgan fingerprint density at radius 2 is 1.88 bits per heavy atom. The summed E-state index contributed by atoms with van der Waals surface area (Å²) < 4.78 is 67.0. The van der Waals surface area contributed by atoms with Crippen LogP contribution in [0.4, 0.5) is 13.2 Å². The molecule has 1 saturated heterocycles. The summed E-state index contributed by atoms with van der Waals surface area (Å²) in [6.07, 6.45) is -4.50. The lowest BCUT2D eigenvalue weighted by atomic mass is 10.0. The Balaban J connectivity index is 2.14. The van der Waals surface area contributed by atoms with E-state index in [9.17, 15) is 21.6 Å². The van der Waals surface area contributed by atoms with Crippen LogP contribution in [0.15, 0.2) is 29.2 Å². The Bertz CT molecular complexity index is 671. The zero-order valence-corrected chi connectivity index (χ0v) is 15.1. The fourth-order valence-corrected chi connectivity index (χ4v) is 3.85. The Morgan fingerprint density at radius 3 is 2.44 bits per heavy atom. The number of rotatable bonds is 6. The van der Waals surface area contributed by atoms with Crippen molar-refractivity contribution in [3.05, 3.63) is 29.8 Å². The van der Waals surface area contributed by atoms with Crippen molar-refractivity contribution in [3.63, 3.8) is 0 Å². The molecule has 1 aliphatic heterocycles. The number of nitrogens with one attached hydrogen (secondary N) is 2. The Labute approximate surface area is 146 Å². The number of hydrogen-bond donors (Lipinski definition) is 2. The van der Waals surface area contributed by atoms with Crippen LogP contribution in [0.5, 0.6) is 0 Å². The van der Waals surface area contributed by atoms with E-state index in [2.05, 4.69) is 10.0 Å². The summed E-state index contributed by atoms with van der Waals surface area (Å²) in [4.78, 5) is 1.25. The zero-order chi connectivity index (χ0) is 18.7. The van der Waals surface area contributed by atoms with E-state index in [1.807, 2.05) is 13.8 Å². The molecular formula is C16H24F3N3O2S.